The van der Waals surface area contributed by atoms with E-state index in [-0.39, 0.29) is 0 Å². The lowest BCUT2D eigenvalue weighted by atomic mass is 9.89. The molecule has 1 aliphatic carbocycles. The monoisotopic (exact) mass is 622 g/mol. The van der Waals surface area contributed by atoms with E-state index in [0.717, 1.165) is 59.9 Å². The third-order valence-electron chi connectivity index (χ3n) is 8.67. The third kappa shape index (κ3) is 8.85. The van der Waals surface area contributed by atoms with Gasteiger partial charge in [0.15, 0.2) is 0 Å². The number of primary amides is 1. The Hall–Kier alpha value is -4.43. The number of rotatable bonds is 15. The zero-order valence-corrected chi connectivity index (χ0v) is 27.1. The van der Waals surface area contributed by atoms with Crippen molar-refractivity contribution in [2.75, 3.05) is 13.7 Å². The van der Waals surface area contributed by atoms with Crippen LogP contribution in [0.1, 0.15) is 69.5 Å². The fourth-order valence-corrected chi connectivity index (χ4v) is 6.40. The van der Waals surface area contributed by atoms with Gasteiger partial charge in [-0.15, -0.1) is 0 Å². The SMILES string of the molecule is CCCCn1c(-c2ccccc2)nc(-c2ccc(OC)cc2)c1CN(Cc1cccc(OC(=O)CC(N)=O)c1)CC1CCCCC1. The Bertz CT molecular complexity index is 1580. The second-order valence-corrected chi connectivity index (χ2v) is 12.3. The summed E-state index contributed by atoms with van der Waals surface area (Å²) in [5, 5.41) is 0. The molecule has 8 heteroatoms. The molecule has 0 atom stereocenters. The molecule has 0 saturated heterocycles. The highest BCUT2D eigenvalue weighted by Crippen LogP contribution is 2.33. The molecule has 0 unspecified atom stereocenters. The number of imidazole rings is 1. The number of carbonyl (C=O) groups excluding carboxylic acids is 2. The Morgan fingerprint density at radius 1 is 0.913 bits per heavy atom. The summed E-state index contributed by atoms with van der Waals surface area (Å²) in [6, 6.07) is 26.2. The number of methoxy groups -OCH3 is 1. The fraction of sp³-hybridized carbons (Fsp3) is 0.395. The fourth-order valence-electron chi connectivity index (χ4n) is 6.40. The number of esters is 1. The molecule has 1 amide bonds. The van der Waals surface area contributed by atoms with E-state index in [2.05, 4.69) is 58.9 Å². The van der Waals surface area contributed by atoms with Crippen molar-refractivity contribution >= 4 is 11.9 Å². The zero-order chi connectivity index (χ0) is 32.3. The molecule has 242 valence electrons. The molecule has 3 aromatic carbocycles. The van der Waals surface area contributed by atoms with Gasteiger partial charge < -0.3 is 19.8 Å². The largest absolute Gasteiger partial charge is 0.497 e. The molecule has 1 fully saturated rings. The summed E-state index contributed by atoms with van der Waals surface area (Å²) in [4.78, 5) is 31.3. The standard InChI is InChI=1S/C38H46N4O4/c1-3-4-22-42-34(37(30-18-20-32(45-2)21-19-30)40-38(42)31-15-9-6-10-16-31)27-41(25-28-12-7-5-8-13-28)26-29-14-11-17-33(23-29)46-36(44)24-35(39)43/h6,9-11,14-21,23,28H,3-5,7-8,12-13,22,24-27H2,1-2H3,(H2,39,43). The lowest BCUT2D eigenvalue weighted by molar-refractivity contribution is -0.137. The van der Waals surface area contributed by atoms with Crippen LogP contribution in [-0.2, 0) is 29.2 Å². The Balaban J connectivity index is 1.54. The summed E-state index contributed by atoms with van der Waals surface area (Å²) in [5.41, 5.74) is 10.6. The molecule has 1 aromatic heterocycles. The van der Waals surface area contributed by atoms with E-state index >= 15 is 0 Å². The van der Waals surface area contributed by atoms with E-state index in [4.69, 9.17) is 20.2 Å². The molecule has 0 bridgehead atoms. The first-order valence-corrected chi connectivity index (χ1v) is 16.5. The second kappa shape index (κ2) is 16.2. The number of unbranched alkanes of at least 4 members (excludes halogenated alkanes) is 1. The maximum atomic E-state index is 12.2. The van der Waals surface area contributed by atoms with Crippen LogP contribution in [0.3, 0.4) is 0 Å². The number of hydrogen-bond acceptors (Lipinski definition) is 6. The van der Waals surface area contributed by atoms with Crippen LogP contribution < -0.4 is 15.2 Å². The van der Waals surface area contributed by atoms with E-state index in [9.17, 15) is 9.59 Å². The Kier molecular flexibility index (Phi) is 11.6. The molecule has 1 aliphatic rings. The summed E-state index contributed by atoms with van der Waals surface area (Å²) >= 11 is 0. The summed E-state index contributed by atoms with van der Waals surface area (Å²) < 4.78 is 13.3. The lowest BCUT2D eigenvalue weighted by Crippen LogP contribution is -2.31. The van der Waals surface area contributed by atoms with Gasteiger partial charge >= 0.3 is 5.97 Å². The number of carbonyl (C=O) groups is 2. The van der Waals surface area contributed by atoms with Gasteiger partial charge in [-0.25, -0.2) is 4.98 Å². The van der Waals surface area contributed by atoms with E-state index in [1.807, 2.05) is 30.3 Å². The molecular weight excluding hydrogens is 576 g/mol. The first-order valence-electron chi connectivity index (χ1n) is 16.5. The molecule has 8 nitrogen and oxygen atoms in total. The minimum atomic E-state index is -0.706. The number of nitrogens with two attached hydrogens (primary N) is 1. The Labute approximate surface area is 272 Å². The van der Waals surface area contributed by atoms with E-state index in [0.29, 0.717) is 24.8 Å². The van der Waals surface area contributed by atoms with Gasteiger partial charge in [-0.05, 0) is 67.1 Å². The zero-order valence-electron chi connectivity index (χ0n) is 27.1. The van der Waals surface area contributed by atoms with Gasteiger partial charge in [0.05, 0.1) is 18.5 Å². The predicted molar refractivity (Wildman–Crippen MR) is 181 cm³/mol. The average molecular weight is 623 g/mol. The van der Waals surface area contributed by atoms with E-state index < -0.39 is 18.3 Å². The van der Waals surface area contributed by atoms with Crippen LogP contribution in [0.2, 0.25) is 0 Å². The summed E-state index contributed by atoms with van der Waals surface area (Å²) in [6.07, 6.45) is 8.00. The Morgan fingerprint density at radius 2 is 1.67 bits per heavy atom. The maximum absolute atomic E-state index is 12.2. The molecule has 5 rings (SSSR count). The molecule has 4 aromatic rings. The molecule has 46 heavy (non-hydrogen) atoms. The van der Waals surface area contributed by atoms with Gasteiger partial charge in [0.2, 0.25) is 5.91 Å². The van der Waals surface area contributed by atoms with Crippen molar-refractivity contribution in [2.45, 2.75) is 77.9 Å². The minimum absolute atomic E-state index is 0.416. The molecule has 0 aliphatic heterocycles. The highest BCUT2D eigenvalue weighted by Gasteiger charge is 2.24. The van der Waals surface area contributed by atoms with Crippen molar-refractivity contribution in [1.82, 2.24) is 14.5 Å². The smallest absolute Gasteiger partial charge is 0.320 e. The summed E-state index contributed by atoms with van der Waals surface area (Å²) in [7, 11) is 1.68. The Morgan fingerprint density at radius 3 is 2.37 bits per heavy atom. The van der Waals surface area contributed by atoms with Crippen LogP contribution in [-0.4, -0.2) is 40.0 Å². The number of nitrogens with zero attached hydrogens (tertiary/aromatic N) is 3. The predicted octanol–water partition coefficient (Wildman–Crippen LogP) is 7.39. The number of benzene rings is 3. The van der Waals surface area contributed by atoms with Crippen LogP contribution in [0.15, 0.2) is 78.9 Å². The molecule has 0 spiro atoms. The minimum Gasteiger partial charge on any atom is -0.497 e. The molecule has 1 saturated carbocycles. The number of aromatic nitrogens is 2. The maximum Gasteiger partial charge on any atom is 0.320 e. The van der Waals surface area contributed by atoms with Crippen LogP contribution in [0.25, 0.3) is 22.6 Å². The van der Waals surface area contributed by atoms with Crippen LogP contribution in [0.5, 0.6) is 11.5 Å². The van der Waals surface area contributed by atoms with Crippen molar-refractivity contribution < 1.29 is 19.1 Å². The van der Waals surface area contributed by atoms with Gasteiger partial charge in [0.25, 0.3) is 0 Å². The first kappa shape index (κ1) is 32.9. The topological polar surface area (TPSA) is 99.7 Å². The van der Waals surface area contributed by atoms with Crippen molar-refractivity contribution in [3.8, 4) is 34.1 Å². The van der Waals surface area contributed by atoms with Gasteiger partial charge in [-0.2, -0.15) is 0 Å². The van der Waals surface area contributed by atoms with Crippen molar-refractivity contribution in [2.24, 2.45) is 11.7 Å². The van der Waals surface area contributed by atoms with Crippen molar-refractivity contribution in [3.05, 3.63) is 90.1 Å². The first-order chi connectivity index (χ1) is 22.4. The lowest BCUT2D eigenvalue weighted by Gasteiger charge is -2.30. The average Bonchev–Trinajstić information content (AvgIpc) is 3.42. The van der Waals surface area contributed by atoms with Gasteiger partial charge in [-0.1, -0.05) is 75.1 Å². The summed E-state index contributed by atoms with van der Waals surface area (Å²) in [5.74, 6) is 1.48. The number of amides is 1. The van der Waals surface area contributed by atoms with Crippen molar-refractivity contribution in [1.29, 1.82) is 0 Å². The van der Waals surface area contributed by atoms with E-state index in [1.54, 1.807) is 13.2 Å². The second-order valence-electron chi connectivity index (χ2n) is 12.3. The molecular formula is C38H46N4O4. The number of ether oxygens (including phenoxy) is 2. The van der Waals surface area contributed by atoms with Crippen LogP contribution >= 0.6 is 0 Å². The third-order valence-corrected chi connectivity index (χ3v) is 8.67. The highest BCUT2D eigenvalue weighted by molar-refractivity contribution is 5.94. The van der Waals surface area contributed by atoms with Crippen LogP contribution in [0, 0.1) is 5.92 Å². The highest BCUT2D eigenvalue weighted by atomic mass is 16.5. The quantitative estimate of drug-likeness (QED) is 0.0843. The van der Waals surface area contributed by atoms with E-state index in [1.165, 1.54) is 37.8 Å². The van der Waals surface area contributed by atoms with Gasteiger partial charge in [-0.3, -0.25) is 14.5 Å². The van der Waals surface area contributed by atoms with Gasteiger partial charge in [0.1, 0.15) is 23.7 Å². The van der Waals surface area contributed by atoms with Crippen molar-refractivity contribution in [3.63, 3.8) is 0 Å². The summed E-state index contributed by atoms with van der Waals surface area (Å²) in [6.45, 7) is 5.46. The molecule has 0 radical (unpaired) electrons. The number of hydrogen-bond donors (Lipinski definition) is 1. The molecule has 1 heterocycles. The van der Waals surface area contributed by atoms with Gasteiger partial charge in [0, 0.05) is 37.3 Å². The molecule has 2 N–H and O–H groups in total. The normalized spacial score (nSPS) is 13.5. The van der Waals surface area contributed by atoms with Crippen LogP contribution in [0.4, 0.5) is 0 Å².